The van der Waals surface area contributed by atoms with Crippen LogP contribution in [-0.2, 0) is 22.7 Å². The predicted molar refractivity (Wildman–Crippen MR) is 198 cm³/mol. The minimum absolute atomic E-state index is 0.0772. The number of fused-ring (bicyclic) bond motifs is 1. The Bertz CT molecular complexity index is 2290. The number of pyridine rings is 2. The number of ether oxygens (including phenoxy) is 1. The fraction of sp³-hybridized carbons (Fsp3) is 0.289. The Morgan fingerprint density at radius 3 is 2.25 bits per heavy atom. The third-order valence-corrected chi connectivity index (χ3v) is 10.3. The van der Waals surface area contributed by atoms with Gasteiger partial charge < -0.3 is 26.0 Å². The predicted octanol–water partition coefficient (Wildman–Crippen LogP) is 5.39. The monoisotopic (exact) mass is 761 g/mol. The highest BCUT2D eigenvalue weighted by Crippen LogP contribution is 2.42. The molecule has 2 aliphatic heterocycles. The molecule has 7 rings (SSSR count). The van der Waals surface area contributed by atoms with Crippen LogP contribution in [0.25, 0.3) is 39.2 Å². The van der Waals surface area contributed by atoms with Gasteiger partial charge in [0.1, 0.15) is 5.65 Å². The Morgan fingerprint density at radius 2 is 1.57 bits per heavy atom. The Kier molecular flexibility index (Phi) is 10.4. The second-order valence-corrected chi connectivity index (χ2v) is 13.8. The van der Waals surface area contributed by atoms with Crippen LogP contribution in [-0.4, -0.2) is 64.4 Å². The molecule has 2 fully saturated rings. The molecule has 3 aromatic heterocycles. The van der Waals surface area contributed by atoms with Crippen molar-refractivity contribution in [1.29, 1.82) is 0 Å². The third kappa shape index (κ3) is 7.61. The highest BCUT2D eigenvalue weighted by Gasteiger charge is 2.47. The van der Waals surface area contributed by atoms with Gasteiger partial charge in [-0.1, -0.05) is 65.7 Å². The molecular weight excluding hydrogens is 727 g/mol. The lowest BCUT2D eigenvalue weighted by molar-refractivity contribution is -0.139. The average molecular weight is 763 g/mol. The number of hydrogen-bond acceptors (Lipinski definition) is 8. The number of amides is 2. The van der Waals surface area contributed by atoms with Gasteiger partial charge in [-0.15, -0.1) is 0 Å². The molecule has 274 valence electrons. The van der Waals surface area contributed by atoms with Crippen molar-refractivity contribution in [2.24, 2.45) is 0 Å². The molecule has 0 bridgehead atoms. The first kappa shape index (κ1) is 36.4. The zero-order chi connectivity index (χ0) is 37.3. The fourth-order valence-electron chi connectivity index (χ4n) is 6.69. The van der Waals surface area contributed by atoms with Crippen molar-refractivity contribution in [2.75, 3.05) is 20.2 Å². The van der Waals surface area contributed by atoms with E-state index in [1.54, 1.807) is 25.4 Å². The molecule has 2 saturated heterocycles. The van der Waals surface area contributed by atoms with E-state index in [1.165, 1.54) is 10.6 Å². The maximum absolute atomic E-state index is 13.5. The summed E-state index contributed by atoms with van der Waals surface area (Å²) in [4.78, 5) is 45.4. The van der Waals surface area contributed by atoms with E-state index < -0.39 is 24.3 Å². The van der Waals surface area contributed by atoms with Crippen LogP contribution in [0, 0.1) is 0 Å². The number of nitrogens with one attached hydrogen (secondary N) is 4. The molecule has 0 aliphatic carbocycles. The van der Waals surface area contributed by atoms with E-state index in [1.807, 2.05) is 48.5 Å². The minimum atomic E-state index is -3.39. The van der Waals surface area contributed by atoms with Gasteiger partial charge in [0, 0.05) is 96.9 Å². The quantitative estimate of drug-likeness (QED) is 0.133. The Hall–Kier alpha value is -4.95. The number of carbonyl (C=O) groups excluding carboxylic acids is 2. The van der Waals surface area contributed by atoms with Gasteiger partial charge in [-0.05, 0) is 30.2 Å². The molecule has 0 unspecified atom stereocenters. The average Bonchev–Trinajstić information content (AvgIpc) is 3.68. The molecule has 0 radical (unpaired) electrons. The first-order valence-corrected chi connectivity index (χ1v) is 17.8. The number of benzene rings is 2. The summed E-state index contributed by atoms with van der Waals surface area (Å²) in [5.74, 6) is -4.13. The lowest BCUT2D eigenvalue weighted by atomic mass is 9.97. The van der Waals surface area contributed by atoms with Gasteiger partial charge >= 0.3 is 5.92 Å². The second kappa shape index (κ2) is 15.2. The van der Waals surface area contributed by atoms with E-state index in [0.717, 1.165) is 17.5 Å². The first-order chi connectivity index (χ1) is 25.5. The van der Waals surface area contributed by atoms with E-state index in [4.69, 9.17) is 32.9 Å². The van der Waals surface area contributed by atoms with Gasteiger partial charge in [0.25, 0.3) is 11.5 Å². The van der Waals surface area contributed by atoms with Crippen molar-refractivity contribution in [3.05, 3.63) is 105 Å². The number of carbonyl (C=O) groups is 2. The molecule has 5 aromatic rings. The SMILES string of the molecule is COc1nc(-c2cccc(-c3cccc(-c4ccn5c(=O)c(CNC[C@H]6CC(F)(F)C(=O)N6)cnc5c4)c3Cl)c2Cl)ccc1CNC[C@H]1CCC(=O)N1. The zero-order valence-electron chi connectivity index (χ0n) is 28.5. The van der Waals surface area contributed by atoms with Crippen molar-refractivity contribution >= 4 is 40.7 Å². The smallest absolute Gasteiger partial charge is 0.326 e. The van der Waals surface area contributed by atoms with Gasteiger partial charge in [0.05, 0.1) is 22.8 Å². The molecule has 11 nitrogen and oxygen atoms in total. The molecule has 0 saturated carbocycles. The van der Waals surface area contributed by atoms with Crippen LogP contribution in [0.5, 0.6) is 5.88 Å². The number of halogens is 4. The fourth-order valence-corrected chi connectivity index (χ4v) is 7.35. The number of aromatic nitrogens is 3. The molecule has 15 heteroatoms. The van der Waals surface area contributed by atoms with Crippen LogP contribution in [0.15, 0.2) is 77.9 Å². The summed E-state index contributed by atoms with van der Waals surface area (Å²) < 4.78 is 34.1. The molecule has 0 spiro atoms. The third-order valence-electron chi connectivity index (χ3n) is 9.46. The van der Waals surface area contributed by atoms with Crippen LogP contribution >= 0.6 is 23.2 Å². The highest BCUT2D eigenvalue weighted by atomic mass is 35.5. The molecular formula is C38H35Cl2F2N7O4. The maximum Gasteiger partial charge on any atom is 0.326 e. The Morgan fingerprint density at radius 1 is 0.887 bits per heavy atom. The summed E-state index contributed by atoms with van der Waals surface area (Å²) >= 11 is 14.1. The number of rotatable bonds is 12. The van der Waals surface area contributed by atoms with Crippen LogP contribution < -0.4 is 31.6 Å². The van der Waals surface area contributed by atoms with Gasteiger partial charge in [0.15, 0.2) is 0 Å². The van der Waals surface area contributed by atoms with E-state index in [2.05, 4.69) is 26.3 Å². The summed E-state index contributed by atoms with van der Waals surface area (Å²) in [6, 6.07) is 18.0. The zero-order valence-corrected chi connectivity index (χ0v) is 30.0. The standard InChI is InChI=1S/C38H35Cl2F2N7O4/c1-53-35-22(16-43-19-24-9-11-32(50)46-24)8-10-30(48-35)29-7-3-6-28(34(29)40)27-5-2-4-26(33(27)39)21-12-13-49-31(14-21)45-18-23(36(49)51)17-44-20-25-15-38(41,42)37(52)47-25/h2-8,10,12-14,18,24-25,43-44H,9,11,15-17,19-20H2,1H3,(H,46,50)(H,47,52)/t24-,25-/m1/s1. The summed E-state index contributed by atoms with van der Waals surface area (Å²) in [5.41, 5.74) is 5.45. The van der Waals surface area contributed by atoms with Crippen molar-refractivity contribution in [3.8, 4) is 39.4 Å². The Balaban J connectivity index is 1.09. The van der Waals surface area contributed by atoms with Crippen LogP contribution in [0.4, 0.5) is 8.78 Å². The van der Waals surface area contributed by atoms with Crippen molar-refractivity contribution in [3.63, 3.8) is 0 Å². The number of nitrogens with zero attached hydrogens (tertiary/aromatic N) is 3. The molecule has 2 aromatic carbocycles. The van der Waals surface area contributed by atoms with Crippen molar-refractivity contribution in [2.45, 2.75) is 50.4 Å². The van der Waals surface area contributed by atoms with Crippen molar-refractivity contribution in [1.82, 2.24) is 35.6 Å². The van der Waals surface area contributed by atoms with Gasteiger partial charge in [-0.25, -0.2) is 9.97 Å². The number of hydrogen-bond donors (Lipinski definition) is 4. The summed E-state index contributed by atoms with van der Waals surface area (Å²) in [7, 11) is 1.57. The molecule has 2 atom stereocenters. The highest BCUT2D eigenvalue weighted by molar-refractivity contribution is 6.39. The van der Waals surface area contributed by atoms with Crippen LogP contribution in [0.1, 0.15) is 30.4 Å². The molecule has 5 heterocycles. The van der Waals surface area contributed by atoms with Gasteiger partial charge in [-0.3, -0.25) is 18.8 Å². The Labute approximate surface area is 313 Å². The summed E-state index contributed by atoms with van der Waals surface area (Å²) in [6.45, 7) is 1.35. The van der Waals surface area contributed by atoms with Crippen LogP contribution in [0.2, 0.25) is 10.0 Å². The van der Waals surface area contributed by atoms with E-state index >= 15 is 0 Å². The lowest BCUT2D eigenvalue weighted by Crippen LogP contribution is -2.36. The second-order valence-electron chi connectivity index (χ2n) is 13.1. The summed E-state index contributed by atoms with van der Waals surface area (Å²) in [5, 5.41) is 12.5. The molecule has 2 amide bonds. The first-order valence-electron chi connectivity index (χ1n) is 17.0. The number of methoxy groups -OCH3 is 1. The normalized spacial score (nSPS) is 18.0. The molecule has 2 aliphatic rings. The largest absolute Gasteiger partial charge is 0.481 e. The van der Waals surface area contributed by atoms with E-state index in [9.17, 15) is 23.2 Å². The van der Waals surface area contributed by atoms with Crippen molar-refractivity contribution < 1.29 is 23.1 Å². The topological polar surface area (TPSA) is 139 Å². The van der Waals surface area contributed by atoms with Crippen LogP contribution in [0.3, 0.4) is 0 Å². The van der Waals surface area contributed by atoms with E-state index in [0.29, 0.717) is 74.6 Å². The molecule has 4 N–H and O–H groups in total. The van der Waals surface area contributed by atoms with E-state index in [-0.39, 0.29) is 30.6 Å². The van der Waals surface area contributed by atoms with Gasteiger partial charge in [-0.2, -0.15) is 8.78 Å². The summed E-state index contributed by atoms with van der Waals surface area (Å²) in [6.07, 6.45) is 3.83. The maximum atomic E-state index is 13.5. The minimum Gasteiger partial charge on any atom is -0.481 e. The lowest BCUT2D eigenvalue weighted by Gasteiger charge is -2.16. The molecule has 53 heavy (non-hydrogen) atoms. The van der Waals surface area contributed by atoms with Gasteiger partial charge in [0.2, 0.25) is 11.8 Å². The number of alkyl halides is 2.